The van der Waals surface area contributed by atoms with Crippen molar-refractivity contribution in [3.8, 4) is 11.6 Å². The van der Waals surface area contributed by atoms with E-state index in [4.69, 9.17) is 16.3 Å². The van der Waals surface area contributed by atoms with Crippen LogP contribution in [0.4, 0.5) is 19.0 Å². The fraction of sp³-hybridized carbons (Fsp3) is 0.111. The fourth-order valence-corrected chi connectivity index (χ4v) is 3.72. The molecule has 0 atom stereocenters. The molecule has 4 rings (SSSR count). The summed E-state index contributed by atoms with van der Waals surface area (Å²) in [6.45, 7) is 0. The van der Waals surface area contributed by atoms with E-state index in [1.165, 1.54) is 25.4 Å². The van der Waals surface area contributed by atoms with Gasteiger partial charge in [0, 0.05) is 12.3 Å². The number of amides is 1. The molecule has 0 fully saturated rings. The summed E-state index contributed by atoms with van der Waals surface area (Å²) >= 11 is 7.17. The Morgan fingerprint density at radius 2 is 2.07 bits per heavy atom. The molecule has 1 amide bonds. The Kier molecular flexibility index (Phi) is 5.08. The van der Waals surface area contributed by atoms with Gasteiger partial charge in [-0.1, -0.05) is 17.7 Å². The molecule has 30 heavy (non-hydrogen) atoms. The third kappa shape index (κ3) is 3.57. The van der Waals surface area contributed by atoms with Gasteiger partial charge in [-0.25, -0.2) is 9.67 Å². The van der Waals surface area contributed by atoms with Crippen molar-refractivity contribution in [2.24, 2.45) is 0 Å². The van der Waals surface area contributed by atoms with Crippen LogP contribution in [-0.2, 0) is 6.18 Å². The van der Waals surface area contributed by atoms with E-state index in [-0.39, 0.29) is 16.7 Å². The number of ether oxygens (including phenoxy) is 1. The molecule has 3 aromatic heterocycles. The second-order valence-electron chi connectivity index (χ2n) is 5.95. The van der Waals surface area contributed by atoms with E-state index in [2.05, 4.69) is 19.8 Å². The number of nitrogens with zero attached hydrogens (tertiary/aromatic N) is 4. The molecule has 0 aliphatic carbocycles. The van der Waals surface area contributed by atoms with E-state index in [1.54, 1.807) is 18.2 Å². The van der Waals surface area contributed by atoms with E-state index in [0.717, 1.165) is 20.9 Å². The van der Waals surface area contributed by atoms with Crippen LogP contribution >= 0.6 is 23.1 Å². The summed E-state index contributed by atoms with van der Waals surface area (Å²) in [7, 11) is 1.46. The van der Waals surface area contributed by atoms with Crippen molar-refractivity contribution in [2.75, 3.05) is 12.4 Å². The molecule has 0 saturated heterocycles. The van der Waals surface area contributed by atoms with Crippen LogP contribution in [0.1, 0.15) is 16.2 Å². The highest BCUT2D eigenvalue weighted by atomic mass is 35.5. The Hall–Kier alpha value is -3.18. The molecule has 0 aliphatic rings. The normalized spacial score (nSPS) is 11.6. The molecule has 7 nitrogen and oxygen atoms in total. The lowest BCUT2D eigenvalue weighted by molar-refractivity contribution is -0.141. The number of aromatic nitrogens is 4. The van der Waals surface area contributed by atoms with E-state index >= 15 is 0 Å². The highest BCUT2D eigenvalue weighted by Crippen LogP contribution is 2.35. The van der Waals surface area contributed by atoms with E-state index in [0.29, 0.717) is 17.2 Å². The highest BCUT2D eigenvalue weighted by Gasteiger charge is 2.36. The van der Waals surface area contributed by atoms with Crippen LogP contribution in [0.5, 0.6) is 5.75 Å². The molecular formula is C18H11ClF3N5O2S. The predicted molar refractivity (Wildman–Crippen MR) is 105 cm³/mol. The minimum absolute atomic E-state index is 0.0316. The predicted octanol–water partition coefficient (Wildman–Crippen LogP) is 4.81. The third-order valence-electron chi connectivity index (χ3n) is 4.08. The topological polar surface area (TPSA) is 81.9 Å². The van der Waals surface area contributed by atoms with Gasteiger partial charge in [0.2, 0.25) is 0 Å². The first-order valence-electron chi connectivity index (χ1n) is 8.31. The number of hydrogen-bond donors (Lipinski definition) is 1. The van der Waals surface area contributed by atoms with Crippen molar-refractivity contribution in [1.82, 2.24) is 19.1 Å². The van der Waals surface area contributed by atoms with Crippen LogP contribution < -0.4 is 10.1 Å². The zero-order valence-electron chi connectivity index (χ0n) is 15.1. The van der Waals surface area contributed by atoms with Gasteiger partial charge in [-0.3, -0.25) is 4.79 Å². The molecule has 3 heterocycles. The maximum Gasteiger partial charge on any atom is 0.435 e. The van der Waals surface area contributed by atoms with Crippen LogP contribution in [0.25, 0.3) is 15.9 Å². The maximum atomic E-state index is 13.3. The second-order valence-corrected chi connectivity index (χ2v) is 7.16. The number of halogens is 4. The largest absolute Gasteiger partial charge is 0.496 e. The van der Waals surface area contributed by atoms with Gasteiger partial charge in [0.15, 0.2) is 17.3 Å². The Balaban J connectivity index is 1.80. The Bertz CT molecular complexity index is 1250. The van der Waals surface area contributed by atoms with Crippen molar-refractivity contribution in [3.05, 3.63) is 59.0 Å². The number of hydrogen-bond acceptors (Lipinski definition) is 6. The molecule has 1 N–H and O–H groups in total. The average molecular weight is 454 g/mol. The third-order valence-corrected chi connectivity index (χ3v) is 5.19. The lowest BCUT2D eigenvalue weighted by atomic mass is 10.2. The molecule has 4 aromatic rings. The average Bonchev–Trinajstić information content (AvgIpc) is 3.33. The SMILES string of the molecule is COc1cccc2snc(NC(=O)c3cc(C(F)(F)F)nn3-c3ncccc3Cl)c12. The van der Waals surface area contributed by atoms with Gasteiger partial charge in [-0.15, -0.1) is 0 Å². The number of fused-ring (bicyclic) bond motifs is 1. The Morgan fingerprint density at radius 3 is 2.77 bits per heavy atom. The van der Waals surface area contributed by atoms with Crippen LogP contribution in [0, 0.1) is 0 Å². The zero-order valence-corrected chi connectivity index (χ0v) is 16.6. The fourth-order valence-electron chi connectivity index (χ4n) is 2.76. The number of carbonyl (C=O) groups excluding carboxylic acids is 1. The molecule has 0 radical (unpaired) electrons. The van der Waals surface area contributed by atoms with E-state index < -0.39 is 23.5 Å². The number of carbonyl (C=O) groups is 1. The molecule has 154 valence electrons. The van der Waals surface area contributed by atoms with Crippen molar-refractivity contribution in [2.45, 2.75) is 6.18 Å². The van der Waals surface area contributed by atoms with Crippen LogP contribution in [-0.4, -0.2) is 32.2 Å². The van der Waals surface area contributed by atoms with Gasteiger partial charge in [-0.2, -0.15) is 22.6 Å². The molecule has 12 heteroatoms. The standard InChI is InChI=1S/C18H11ClF3N5O2S/c1-29-11-5-2-6-12-14(11)15(26-30-12)24-17(28)10-8-13(18(20,21)22)25-27(10)16-9(19)4-3-7-23-16/h2-8H,1H3,(H,24,26,28). The maximum absolute atomic E-state index is 13.3. The van der Waals surface area contributed by atoms with E-state index in [9.17, 15) is 18.0 Å². The molecule has 1 aromatic carbocycles. The van der Waals surface area contributed by atoms with Gasteiger partial charge in [0.05, 0.1) is 22.2 Å². The number of rotatable bonds is 4. The summed E-state index contributed by atoms with van der Waals surface area (Å²) in [6.07, 6.45) is -3.44. The van der Waals surface area contributed by atoms with Crippen molar-refractivity contribution in [1.29, 1.82) is 0 Å². The molecule has 0 aliphatic heterocycles. The van der Waals surface area contributed by atoms with Gasteiger partial charge in [-0.05, 0) is 35.8 Å². The number of alkyl halides is 3. The lowest BCUT2D eigenvalue weighted by Gasteiger charge is -2.08. The van der Waals surface area contributed by atoms with Crippen molar-refractivity contribution < 1.29 is 22.7 Å². The summed E-state index contributed by atoms with van der Waals surface area (Å²) in [6, 6.07) is 8.80. The first-order valence-corrected chi connectivity index (χ1v) is 9.46. The van der Waals surface area contributed by atoms with Gasteiger partial charge >= 0.3 is 6.18 Å². The van der Waals surface area contributed by atoms with Gasteiger partial charge < -0.3 is 10.1 Å². The summed E-state index contributed by atoms with van der Waals surface area (Å²) in [4.78, 5) is 16.9. The second kappa shape index (κ2) is 7.58. The van der Waals surface area contributed by atoms with Crippen LogP contribution in [0.3, 0.4) is 0 Å². The van der Waals surface area contributed by atoms with Crippen molar-refractivity contribution in [3.63, 3.8) is 0 Å². The number of benzene rings is 1. The molecular weight excluding hydrogens is 443 g/mol. The Morgan fingerprint density at radius 1 is 1.27 bits per heavy atom. The smallest absolute Gasteiger partial charge is 0.435 e. The summed E-state index contributed by atoms with van der Waals surface area (Å²) < 4.78 is 50.7. The monoisotopic (exact) mass is 453 g/mol. The number of nitrogens with one attached hydrogen (secondary N) is 1. The first-order chi connectivity index (χ1) is 14.3. The summed E-state index contributed by atoms with van der Waals surface area (Å²) in [5.41, 5.74) is -1.66. The summed E-state index contributed by atoms with van der Waals surface area (Å²) in [5, 5.41) is 6.60. The molecule has 0 bridgehead atoms. The first kappa shape index (κ1) is 20.1. The number of anilines is 1. The Labute approximate surface area is 176 Å². The molecule has 0 saturated carbocycles. The zero-order chi connectivity index (χ0) is 21.5. The van der Waals surface area contributed by atoms with Crippen LogP contribution in [0.15, 0.2) is 42.6 Å². The van der Waals surface area contributed by atoms with Crippen molar-refractivity contribution >= 4 is 44.9 Å². The van der Waals surface area contributed by atoms with E-state index in [1.807, 2.05) is 0 Å². The van der Waals surface area contributed by atoms with Gasteiger partial charge in [0.25, 0.3) is 5.91 Å². The quantitative estimate of drug-likeness (QED) is 0.479. The molecule has 0 unspecified atom stereocenters. The van der Waals surface area contributed by atoms with Gasteiger partial charge in [0.1, 0.15) is 11.4 Å². The summed E-state index contributed by atoms with van der Waals surface area (Å²) in [5.74, 6) is -0.349. The minimum Gasteiger partial charge on any atom is -0.496 e. The highest BCUT2D eigenvalue weighted by molar-refractivity contribution is 7.13. The number of pyridine rings is 1. The number of methoxy groups -OCH3 is 1. The lowest BCUT2D eigenvalue weighted by Crippen LogP contribution is -2.18. The molecule has 0 spiro atoms. The van der Waals surface area contributed by atoms with Crippen LogP contribution in [0.2, 0.25) is 5.02 Å². The minimum atomic E-state index is -4.77.